The highest BCUT2D eigenvalue weighted by atomic mass is 19.4. The first-order valence-electron chi connectivity index (χ1n) is 6.09. The summed E-state index contributed by atoms with van der Waals surface area (Å²) in [5.41, 5.74) is -1.57. The fourth-order valence-electron chi connectivity index (χ4n) is 1.75. The third kappa shape index (κ3) is 3.94. The predicted molar refractivity (Wildman–Crippen MR) is 70.7 cm³/mol. The van der Waals surface area contributed by atoms with Crippen LogP contribution >= 0.6 is 0 Å². The molecule has 0 spiro atoms. The van der Waals surface area contributed by atoms with Crippen LogP contribution in [0.4, 0.5) is 23.2 Å². The van der Waals surface area contributed by atoms with Gasteiger partial charge in [-0.25, -0.2) is 4.39 Å². The van der Waals surface area contributed by atoms with Gasteiger partial charge in [0.2, 0.25) is 5.91 Å². The fraction of sp³-hybridized carbons (Fsp3) is 0.143. The summed E-state index contributed by atoms with van der Waals surface area (Å²) < 4.78 is 51.5. The van der Waals surface area contributed by atoms with Crippen LogP contribution in [0, 0.1) is 5.82 Å². The number of anilines is 1. The van der Waals surface area contributed by atoms with Gasteiger partial charge in [-0.1, -0.05) is 6.07 Å². The van der Waals surface area contributed by atoms with Crippen LogP contribution in [0.1, 0.15) is 5.56 Å². The predicted octanol–water partition coefficient (Wildman–Crippen LogP) is 2.64. The molecule has 1 N–H and O–H groups in total. The van der Waals surface area contributed by atoms with Crippen molar-refractivity contribution in [3.05, 3.63) is 64.3 Å². The Labute approximate surface area is 122 Å². The molecule has 0 aliphatic heterocycles. The second kappa shape index (κ2) is 6.00. The molecule has 0 radical (unpaired) electrons. The van der Waals surface area contributed by atoms with Crippen LogP contribution in [0.15, 0.2) is 47.4 Å². The van der Waals surface area contributed by atoms with Crippen molar-refractivity contribution < 1.29 is 22.4 Å². The Morgan fingerprint density at radius 1 is 1.18 bits per heavy atom. The van der Waals surface area contributed by atoms with Gasteiger partial charge in [0.1, 0.15) is 12.4 Å². The third-order valence-electron chi connectivity index (χ3n) is 2.73. The first kappa shape index (κ1) is 15.7. The molecule has 1 aromatic heterocycles. The van der Waals surface area contributed by atoms with Crippen LogP contribution in [0.5, 0.6) is 0 Å². The molecule has 22 heavy (non-hydrogen) atoms. The number of nitrogens with zero attached hydrogens (tertiary/aromatic N) is 1. The molecule has 4 nitrogen and oxygen atoms in total. The van der Waals surface area contributed by atoms with E-state index >= 15 is 0 Å². The maximum Gasteiger partial charge on any atom is 0.416 e. The number of hydrogen-bond acceptors (Lipinski definition) is 2. The van der Waals surface area contributed by atoms with E-state index < -0.39 is 35.6 Å². The molecule has 0 saturated heterocycles. The Hall–Kier alpha value is -2.64. The van der Waals surface area contributed by atoms with Crippen molar-refractivity contribution in [2.75, 3.05) is 5.32 Å². The van der Waals surface area contributed by atoms with Crippen molar-refractivity contribution in [3.63, 3.8) is 0 Å². The van der Waals surface area contributed by atoms with E-state index in [-0.39, 0.29) is 5.69 Å². The van der Waals surface area contributed by atoms with Crippen LogP contribution in [-0.2, 0) is 17.5 Å². The Morgan fingerprint density at radius 2 is 1.91 bits per heavy atom. The lowest BCUT2D eigenvalue weighted by molar-refractivity contribution is -0.137. The maximum atomic E-state index is 13.0. The molecule has 1 heterocycles. The number of amides is 1. The van der Waals surface area contributed by atoms with E-state index in [2.05, 4.69) is 5.32 Å². The first-order valence-corrected chi connectivity index (χ1v) is 6.09. The van der Waals surface area contributed by atoms with Gasteiger partial charge in [0.15, 0.2) is 0 Å². The lowest BCUT2D eigenvalue weighted by Gasteiger charge is -2.10. The van der Waals surface area contributed by atoms with E-state index in [0.717, 1.165) is 41.1 Å². The number of carbonyl (C=O) groups is 1. The minimum Gasteiger partial charge on any atom is -0.325 e. The molecule has 0 aliphatic carbocycles. The van der Waals surface area contributed by atoms with Gasteiger partial charge in [-0.15, -0.1) is 0 Å². The SMILES string of the molecule is O=C(Cn1cc(F)ccc1=O)Nc1cccc(C(F)(F)F)c1. The Bertz CT molecular complexity index is 753. The van der Waals surface area contributed by atoms with Crippen molar-refractivity contribution in [2.45, 2.75) is 12.7 Å². The summed E-state index contributed by atoms with van der Waals surface area (Å²) >= 11 is 0. The maximum absolute atomic E-state index is 13.0. The van der Waals surface area contributed by atoms with Gasteiger partial charge in [0, 0.05) is 18.0 Å². The number of benzene rings is 1. The lowest BCUT2D eigenvalue weighted by atomic mass is 10.2. The van der Waals surface area contributed by atoms with Crippen molar-refractivity contribution >= 4 is 11.6 Å². The summed E-state index contributed by atoms with van der Waals surface area (Å²) in [5.74, 6) is -1.45. The smallest absolute Gasteiger partial charge is 0.325 e. The standard InChI is InChI=1S/C14H10F4N2O2/c15-10-4-5-13(22)20(7-10)8-12(21)19-11-3-1-2-9(6-11)14(16,17)18/h1-7H,8H2,(H,19,21). The van der Waals surface area contributed by atoms with Crippen molar-refractivity contribution in [1.29, 1.82) is 0 Å². The molecule has 0 atom stereocenters. The van der Waals surface area contributed by atoms with Gasteiger partial charge in [-0.2, -0.15) is 13.2 Å². The topological polar surface area (TPSA) is 51.1 Å². The van der Waals surface area contributed by atoms with Gasteiger partial charge in [0.25, 0.3) is 5.56 Å². The summed E-state index contributed by atoms with van der Waals surface area (Å²) in [6.45, 7) is -0.507. The van der Waals surface area contributed by atoms with E-state index in [1.165, 1.54) is 6.07 Å². The molecular weight excluding hydrogens is 304 g/mol. The van der Waals surface area contributed by atoms with Crippen LogP contribution in [0.2, 0.25) is 0 Å². The molecule has 2 aromatic rings. The molecule has 0 fully saturated rings. The minimum atomic E-state index is -4.53. The number of pyridine rings is 1. The third-order valence-corrected chi connectivity index (χ3v) is 2.73. The average molecular weight is 314 g/mol. The lowest BCUT2D eigenvalue weighted by Crippen LogP contribution is -2.27. The largest absolute Gasteiger partial charge is 0.416 e. The second-order valence-electron chi connectivity index (χ2n) is 4.44. The van der Waals surface area contributed by atoms with Crippen LogP contribution in [0.25, 0.3) is 0 Å². The number of aromatic nitrogens is 1. The van der Waals surface area contributed by atoms with Gasteiger partial charge in [-0.3, -0.25) is 9.59 Å². The van der Waals surface area contributed by atoms with Crippen LogP contribution in [0.3, 0.4) is 0 Å². The molecule has 0 aliphatic rings. The summed E-state index contributed by atoms with van der Waals surface area (Å²) in [7, 11) is 0. The molecule has 2 rings (SSSR count). The first-order chi connectivity index (χ1) is 10.3. The summed E-state index contributed by atoms with van der Waals surface area (Å²) in [6, 6.07) is 5.96. The van der Waals surface area contributed by atoms with Crippen LogP contribution < -0.4 is 10.9 Å². The van der Waals surface area contributed by atoms with E-state index in [9.17, 15) is 27.2 Å². The normalized spacial score (nSPS) is 11.3. The summed E-state index contributed by atoms with van der Waals surface area (Å²) in [5, 5.41) is 2.23. The highest BCUT2D eigenvalue weighted by Crippen LogP contribution is 2.30. The Kier molecular flexibility index (Phi) is 4.30. The van der Waals surface area contributed by atoms with Crippen molar-refractivity contribution in [1.82, 2.24) is 4.57 Å². The number of carbonyl (C=O) groups excluding carboxylic acids is 1. The monoisotopic (exact) mass is 314 g/mol. The number of nitrogens with one attached hydrogen (secondary N) is 1. The summed E-state index contributed by atoms with van der Waals surface area (Å²) in [4.78, 5) is 23.1. The highest BCUT2D eigenvalue weighted by Gasteiger charge is 2.30. The van der Waals surface area contributed by atoms with E-state index in [1.807, 2.05) is 0 Å². The molecule has 1 amide bonds. The minimum absolute atomic E-state index is 0.0655. The number of rotatable bonds is 3. The van der Waals surface area contributed by atoms with Gasteiger partial charge < -0.3 is 9.88 Å². The molecule has 1 aromatic carbocycles. The van der Waals surface area contributed by atoms with E-state index in [0.29, 0.717) is 0 Å². The zero-order valence-corrected chi connectivity index (χ0v) is 11.0. The highest BCUT2D eigenvalue weighted by molar-refractivity contribution is 5.90. The molecule has 0 unspecified atom stereocenters. The molecule has 8 heteroatoms. The quantitative estimate of drug-likeness (QED) is 0.886. The van der Waals surface area contributed by atoms with Gasteiger partial charge in [0.05, 0.1) is 5.56 Å². The fourth-order valence-corrected chi connectivity index (χ4v) is 1.75. The zero-order chi connectivity index (χ0) is 16.3. The van der Waals surface area contributed by atoms with Crippen molar-refractivity contribution in [2.24, 2.45) is 0 Å². The second-order valence-corrected chi connectivity index (χ2v) is 4.44. The van der Waals surface area contributed by atoms with Crippen LogP contribution in [-0.4, -0.2) is 10.5 Å². The molecule has 0 bridgehead atoms. The van der Waals surface area contributed by atoms with Gasteiger partial charge >= 0.3 is 6.18 Å². The average Bonchev–Trinajstić information content (AvgIpc) is 2.42. The number of halogens is 4. The number of hydrogen-bond donors (Lipinski definition) is 1. The zero-order valence-electron chi connectivity index (χ0n) is 11.0. The molecule has 0 saturated carbocycles. The Balaban J connectivity index is 2.13. The van der Waals surface area contributed by atoms with E-state index in [1.54, 1.807) is 0 Å². The summed E-state index contributed by atoms with van der Waals surface area (Å²) in [6.07, 6.45) is -3.69. The number of alkyl halides is 3. The molecule has 116 valence electrons. The molecular formula is C14H10F4N2O2. The van der Waals surface area contributed by atoms with Gasteiger partial charge in [-0.05, 0) is 24.3 Å². The van der Waals surface area contributed by atoms with Crippen molar-refractivity contribution in [3.8, 4) is 0 Å². The van der Waals surface area contributed by atoms with E-state index in [4.69, 9.17) is 0 Å². The Morgan fingerprint density at radius 3 is 2.59 bits per heavy atom.